The van der Waals surface area contributed by atoms with E-state index < -0.39 is 5.82 Å². The minimum absolute atomic E-state index is 0.00318. The topological polar surface area (TPSA) is 49.4 Å². The molecule has 2 amide bonds. The van der Waals surface area contributed by atoms with Crippen LogP contribution in [-0.4, -0.2) is 35.8 Å². The normalized spacial score (nSPS) is 16.1. The van der Waals surface area contributed by atoms with Crippen LogP contribution in [-0.2, 0) is 4.79 Å². The Labute approximate surface area is 124 Å². The van der Waals surface area contributed by atoms with E-state index in [1.807, 2.05) is 18.7 Å². The fourth-order valence-electron chi connectivity index (χ4n) is 2.51. The molecule has 0 aliphatic carbocycles. The van der Waals surface area contributed by atoms with Crippen molar-refractivity contribution in [3.63, 3.8) is 0 Å². The molecule has 0 bridgehead atoms. The third kappa shape index (κ3) is 4.03. The molecule has 0 aromatic heterocycles. The van der Waals surface area contributed by atoms with Gasteiger partial charge in [-0.05, 0) is 31.0 Å². The third-order valence-electron chi connectivity index (χ3n) is 3.72. The maximum atomic E-state index is 13.1. The van der Waals surface area contributed by atoms with Gasteiger partial charge in [-0.3, -0.25) is 9.59 Å². The van der Waals surface area contributed by atoms with Crippen LogP contribution in [0.5, 0.6) is 0 Å². The zero-order valence-corrected chi connectivity index (χ0v) is 12.4. The van der Waals surface area contributed by atoms with Crippen LogP contribution in [0.15, 0.2) is 24.3 Å². The van der Waals surface area contributed by atoms with E-state index in [-0.39, 0.29) is 23.8 Å². The molecule has 2 rings (SSSR count). The summed E-state index contributed by atoms with van der Waals surface area (Å²) in [5, 5.41) is 2.91. The zero-order chi connectivity index (χ0) is 15.4. The smallest absolute Gasteiger partial charge is 0.251 e. The molecule has 0 unspecified atom stereocenters. The van der Waals surface area contributed by atoms with Gasteiger partial charge in [0, 0.05) is 30.6 Å². The van der Waals surface area contributed by atoms with Crippen molar-refractivity contribution in [3.05, 3.63) is 35.6 Å². The maximum absolute atomic E-state index is 13.1. The number of carbonyl (C=O) groups is 2. The minimum Gasteiger partial charge on any atom is -0.349 e. The number of halogens is 1. The Hall–Kier alpha value is -1.91. The number of rotatable bonds is 3. The standard InChI is InChI=1S/C16H21FN2O2/c1-11(2)16(21)19-8-6-14(7-9-19)18-15(20)12-4-3-5-13(17)10-12/h3-5,10-11,14H,6-9H2,1-2H3,(H,18,20). The van der Waals surface area contributed by atoms with Gasteiger partial charge in [-0.25, -0.2) is 4.39 Å². The summed E-state index contributed by atoms with van der Waals surface area (Å²) in [6.07, 6.45) is 1.47. The van der Waals surface area contributed by atoms with Crippen molar-refractivity contribution in [2.24, 2.45) is 5.92 Å². The second-order valence-corrected chi connectivity index (χ2v) is 5.74. The number of nitrogens with one attached hydrogen (secondary N) is 1. The lowest BCUT2D eigenvalue weighted by atomic mass is 10.0. The van der Waals surface area contributed by atoms with Crippen LogP contribution in [0.4, 0.5) is 4.39 Å². The molecule has 1 fully saturated rings. The van der Waals surface area contributed by atoms with E-state index in [0.717, 1.165) is 12.8 Å². The number of amides is 2. The first kappa shape index (κ1) is 15.5. The van der Waals surface area contributed by atoms with Crippen LogP contribution >= 0.6 is 0 Å². The van der Waals surface area contributed by atoms with Crippen LogP contribution in [0.2, 0.25) is 0 Å². The molecule has 1 aliphatic heterocycles. The van der Waals surface area contributed by atoms with E-state index in [2.05, 4.69) is 5.32 Å². The maximum Gasteiger partial charge on any atom is 0.251 e. The highest BCUT2D eigenvalue weighted by atomic mass is 19.1. The van der Waals surface area contributed by atoms with E-state index in [1.165, 1.54) is 18.2 Å². The van der Waals surface area contributed by atoms with E-state index in [0.29, 0.717) is 18.7 Å². The van der Waals surface area contributed by atoms with Crippen LogP contribution in [0.3, 0.4) is 0 Å². The van der Waals surface area contributed by atoms with Gasteiger partial charge in [0.25, 0.3) is 5.91 Å². The van der Waals surface area contributed by atoms with Crippen molar-refractivity contribution in [1.82, 2.24) is 10.2 Å². The average molecular weight is 292 g/mol. The molecule has 21 heavy (non-hydrogen) atoms. The van der Waals surface area contributed by atoms with E-state index in [4.69, 9.17) is 0 Å². The van der Waals surface area contributed by atoms with Crippen LogP contribution in [0.25, 0.3) is 0 Å². The van der Waals surface area contributed by atoms with E-state index in [1.54, 1.807) is 6.07 Å². The van der Waals surface area contributed by atoms with Gasteiger partial charge in [-0.2, -0.15) is 0 Å². The molecular weight excluding hydrogens is 271 g/mol. The lowest BCUT2D eigenvalue weighted by molar-refractivity contribution is -0.135. The molecule has 0 saturated carbocycles. The number of hydrogen-bond donors (Lipinski definition) is 1. The Morgan fingerprint density at radius 3 is 2.52 bits per heavy atom. The van der Waals surface area contributed by atoms with Gasteiger partial charge in [0.2, 0.25) is 5.91 Å². The Morgan fingerprint density at radius 1 is 1.29 bits per heavy atom. The fraction of sp³-hybridized carbons (Fsp3) is 0.500. The summed E-state index contributed by atoms with van der Waals surface area (Å²) in [5.74, 6) is -0.517. The molecule has 1 aromatic carbocycles. The molecule has 114 valence electrons. The first-order valence-electron chi connectivity index (χ1n) is 7.32. The van der Waals surface area contributed by atoms with Crippen LogP contribution < -0.4 is 5.32 Å². The summed E-state index contributed by atoms with van der Waals surface area (Å²) in [4.78, 5) is 25.8. The number of piperidine rings is 1. The van der Waals surface area contributed by atoms with Crippen LogP contribution in [0, 0.1) is 11.7 Å². The van der Waals surface area contributed by atoms with Gasteiger partial charge in [0.05, 0.1) is 0 Å². The highest BCUT2D eigenvalue weighted by Gasteiger charge is 2.25. The summed E-state index contributed by atoms with van der Waals surface area (Å²) < 4.78 is 13.1. The van der Waals surface area contributed by atoms with Gasteiger partial charge in [0.1, 0.15) is 5.82 Å². The summed E-state index contributed by atoms with van der Waals surface area (Å²) in [6.45, 7) is 5.09. The number of hydrogen-bond acceptors (Lipinski definition) is 2. The van der Waals surface area contributed by atoms with Gasteiger partial charge in [0.15, 0.2) is 0 Å². The SMILES string of the molecule is CC(C)C(=O)N1CCC(NC(=O)c2cccc(F)c2)CC1. The molecule has 1 saturated heterocycles. The Bertz CT molecular complexity index is 523. The minimum atomic E-state index is -0.417. The first-order chi connectivity index (χ1) is 9.97. The highest BCUT2D eigenvalue weighted by Crippen LogP contribution is 2.14. The Morgan fingerprint density at radius 2 is 1.95 bits per heavy atom. The van der Waals surface area contributed by atoms with Gasteiger partial charge in [-0.1, -0.05) is 19.9 Å². The number of benzene rings is 1. The summed E-state index contributed by atoms with van der Waals surface area (Å²) in [7, 11) is 0. The summed E-state index contributed by atoms with van der Waals surface area (Å²) >= 11 is 0. The van der Waals surface area contributed by atoms with E-state index in [9.17, 15) is 14.0 Å². The second-order valence-electron chi connectivity index (χ2n) is 5.74. The van der Waals surface area contributed by atoms with Crippen molar-refractivity contribution in [1.29, 1.82) is 0 Å². The summed E-state index contributed by atoms with van der Waals surface area (Å²) in [5.41, 5.74) is 0.329. The predicted octanol–water partition coefficient (Wildman–Crippen LogP) is 2.20. The molecule has 0 spiro atoms. The predicted molar refractivity (Wildman–Crippen MR) is 78.3 cm³/mol. The van der Waals surface area contributed by atoms with Crippen LogP contribution in [0.1, 0.15) is 37.0 Å². The Kier molecular flexibility index (Phi) is 4.94. The largest absolute Gasteiger partial charge is 0.349 e. The van der Waals surface area contributed by atoms with Gasteiger partial charge >= 0.3 is 0 Å². The third-order valence-corrected chi connectivity index (χ3v) is 3.72. The fourth-order valence-corrected chi connectivity index (χ4v) is 2.51. The van der Waals surface area contributed by atoms with Crippen molar-refractivity contribution in [2.75, 3.05) is 13.1 Å². The Balaban J connectivity index is 1.86. The average Bonchev–Trinajstić information content (AvgIpc) is 2.47. The lowest BCUT2D eigenvalue weighted by Gasteiger charge is -2.33. The zero-order valence-electron chi connectivity index (χ0n) is 12.4. The van der Waals surface area contributed by atoms with E-state index >= 15 is 0 Å². The summed E-state index contributed by atoms with van der Waals surface area (Å²) in [6, 6.07) is 5.70. The number of carbonyl (C=O) groups excluding carboxylic acids is 2. The lowest BCUT2D eigenvalue weighted by Crippen LogP contribution is -2.47. The quantitative estimate of drug-likeness (QED) is 0.928. The molecule has 1 aromatic rings. The van der Waals surface area contributed by atoms with Crippen molar-refractivity contribution in [3.8, 4) is 0 Å². The molecule has 4 nitrogen and oxygen atoms in total. The monoisotopic (exact) mass is 292 g/mol. The second kappa shape index (κ2) is 6.70. The molecule has 0 radical (unpaired) electrons. The molecule has 1 N–H and O–H groups in total. The van der Waals surface area contributed by atoms with Gasteiger partial charge < -0.3 is 10.2 Å². The molecule has 0 atom stereocenters. The highest BCUT2D eigenvalue weighted by molar-refractivity contribution is 5.94. The molecular formula is C16H21FN2O2. The van der Waals surface area contributed by atoms with Gasteiger partial charge in [-0.15, -0.1) is 0 Å². The van der Waals surface area contributed by atoms with Crippen molar-refractivity contribution < 1.29 is 14.0 Å². The first-order valence-corrected chi connectivity index (χ1v) is 7.32. The number of likely N-dealkylation sites (tertiary alicyclic amines) is 1. The van der Waals surface area contributed by atoms with Crippen molar-refractivity contribution in [2.45, 2.75) is 32.7 Å². The van der Waals surface area contributed by atoms with Crippen molar-refractivity contribution >= 4 is 11.8 Å². The molecule has 1 heterocycles. The number of nitrogens with zero attached hydrogens (tertiary/aromatic N) is 1. The molecule has 5 heteroatoms. The molecule has 1 aliphatic rings.